The van der Waals surface area contributed by atoms with E-state index < -0.39 is 0 Å². The molecule has 0 aliphatic rings. The van der Waals surface area contributed by atoms with Gasteiger partial charge >= 0.3 is 0 Å². The molecule has 2 heterocycles. The second-order valence-corrected chi connectivity index (χ2v) is 4.08. The van der Waals surface area contributed by atoms with E-state index in [1.165, 1.54) is 6.26 Å². The molecule has 0 spiro atoms. The Bertz CT molecular complexity index is 557. The Hall–Kier alpha value is -2.29. The number of furan rings is 1. The van der Waals surface area contributed by atoms with Gasteiger partial charge in [0.05, 0.1) is 12.0 Å². The zero-order valence-corrected chi connectivity index (χ0v) is 9.98. The highest BCUT2D eigenvalue weighted by molar-refractivity contribution is 8.13. The van der Waals surface area contributed by atoms with Gasteiger partial charge in [-0.2, -0.15) is 9.98 Å². The minimum absolute atomic E-state index is 0.0206. The van der Waals surface area contributed by atoms with Crippen LogP contribution in [0.5, 0.6) is 0 Å². The average molecular weight is 266 g/mol. The zero-order chi connectivity index (χ0) is 13.0. The van der Waals surface area contributed by atoms with Crippen LogP contribution >= 0.6 is 11.8 Å². The van der Waals surface area contributed by atoms with E-state index in [9.17, 15) is 0 Å². The smallest absolute Gasteiger partial charge is 0.238 e. The molecule has 2 rings (SSSR count). The first-order chi connectivity index (χ1) is 8.65. The summed E-state index contributed by atoms with van der Waals surface area (Å²) in [5.41, 5.74) is 10.3. The molecule has 0 bridgehead atoms. The van der Waals surface area contributed by atoms with Gasteiger partial charge in [0, 0.05) is 0 Å². The molecule has 0 fully saturated rings. The minimum Gasteiger partial charge on any atom is -0.461 e. The summed E-state index contributed by atoms with van der Waals surface area (Å²) < 4.78 is 10.1. The second kappa shape index (κ2) is 5.36. The molecular weight excluding hydrogens is 256 g/mol. The molecule has 0 amide bonds. The van der Waals surface area contributed by atoms with Crippen LogP contribution in [0.4, 0.5) is 0 Å². The topological polar surface area (TPSA) is 140 Å². The van der Waals surface area contributed by atoms with E-state index in [4.69, 9.17) is 25.8 Å². The highest BCUT2D eigenvalue weighted by Crippen LogP contribution is 2.18. The Kier molecular flexibility index (Phi) is 3.63. The summed E-state index contributed by atoms with van der Waals surface area (Å²) in [7, 11) is 0. The third-order valence-corrected chi connectivity index (χ3v) is 2.53. The van der Waals surface area contributed by atoms with Gasteiger partial charge in [-0.15, -0.1) is 0 Å². The van der Waals surface area contributed by atoms with E-state index in [-0.39, 0.29) is 11.1 Å². The lowest BCUT2D eigenvalue weighted by atomic mass is 10.4. The first-order valence-corrected chi connectivity index (χ1v) is 5.81. The Morgan fingerprint density at radius 3 is 3.00 bits per heavy atom. The second-order valence-electron chi connectivity index (χ2n) is 3.12. The molecule has 5 N–H and O–H groups in total. The maximum Gasteiger partial charge on any atom is 0.238 e. The molecule has 0 aliphatic carbocycles. The van der Waals surface area contributed by atoms with Crippen molar-refractivity contribution in [2.75, 3.05) is 0 Å². The van der Waals surface area contributed by atoms with E-state index in [2.05, 4.69) is 15.1 Å². The highest BCUT2D eigenvalue weighted by atomic mass is 32.2. The molecule has 0 aromatic carbocycles. The van der Waals surface area contributed by atoms with Gasteiger partial charge in [0.25, 0.3) is 0 Å². The number of guanidine groups is 1. The number of aromatic nitrogens is 2. The third-order valence-electron chi connectivity index (χ3n) is 1.77. The molecule has 0 radical (unpaired) electrons. The Morgan fingerprint density at radius 2 is 2.33 bits per heavy atom. The third kappa shape index (κ3) is 3.10. The van der Waals surface area contributed by atoms with Crippen molar-refractivity contribution in [3.05, 3.63) is 24.3 Å². The molecule has 18 heavy (non-hydrogen) atoms. The Labute approximate surface area is 106 Å². The lowest BCUT2D eigenvalue weighted by Crippen LogP contribution is -2.23. The molecule has 0 atom stereocenters. The fourth-order valence-electron chi connectivity index (χ4n) is 1.10. The average Bonchev–Trinajstić information content (AvgIpc) is 2.96. The van der Waals surface area contributed by atoms with E-state index in [1.54, 1.807) is 12.1 Å². The predicted octanol–water partition coefficient (Wildman–Crippen LogP) is 0.771. The molecule has 94 valence electrons. The van der Waals surface area contributed by atoms with Gasteiger partial charge < -0.3 is 20.4 Å². The van der Waals surface area contributed by atoms with Crippen LogP contribution in [0.15, 0.2) is 32.3 Å². The number of nitrogens with one attached hydrogen (secondary N) is 1. The van der Waals surface area contributed by atoms with Crippen LogP contribution in [0.1, 0.15) is 5.89 Å². The molecule has 0 saturated carbocycles. The molecule has 0 aliphatic heterocycles. The number of rotatable bonds is 3. The maximum absolute atomic E-state index is 7.42. The van der Waals surface area contributed by atoms with Crippen molar-refractivity contribution < 1.29 is 8.94 Å². The Balaban J connectivity index is 1.96. The van der Waals surface area contributed by atoms with Crippen LogP contribution in [0.2, 0.25) is 0 Å². The van der Waals surface area contributed by atoms with Gasteiger partial charge in [-0.25, -0.2) is 0 Å². The quantitative estimate of drug-likeness (QED) is 0.550. The zero-order valence-electron chi connectivity index (χ0n) is 9.16. The van der Waals surface area contributed by atoms with E-state index in [0.29, 0.717) is 23.2 Å². The fraction of sp³-hybridized carbons (Fsp3) is 0.111. The van der Waals surface area contributed by atoms with E-state index >= 15 is 0 Å². The Morgan fingerprint density at radius 1 is 1.50 bits per heavy atom. The van der Waals surface area contributed by atoms with Crippen molar-refractivity contribution in [3.8, 4) is 11.6 Å². The van der Waals surface area contributed by atoms with Crippen LogP contribution in [0.3, 0.4) is 0 Å². The number of thioether (sulfide) groups is 1. The summed E-state index contributed by atoms with van der Waals surface area (Å²) in [6, 6.07) is 3.46. The number of hydrogen-bond donors (Lipinski definition) is 3. The predicted molar refractivity (Wildman–Crippen MR) is 66.8 cm³/mol. The first-order valence-electron chi connectivity index (χ1n) is 4.82. The summed E-state index contributed by atoms with van der Waals surface area (Å²) in [6.45, 7) is 0. The molecule has 8 nitrogen and oxygen atoms in total. The molecule has 2 aromatic rings. The number of nitrogens with zero attached hydrogens (tertiary/aromatic N) is 3. The number of amidine groups is 1. The largest absolute Gasteiger partial charge is 0.461 e. The van der Waals surface area contributed by atoms with Crippen LogP contribution in [-0.2, 0) is 5.75 Å². The SMILES string of the molecule is N=C(N=C(N)N)SCc1nc(-c2ccco2)no1. The van der Waals surface area contributed by atoms with Crippen molar-refractivity contribution >= 4 is 22.9 Å². The summed E-state index contributed by atoms with van der Waals surface area (Å²) in [4.78, 5) is 7.66. The van der Waals surface area contributed by atoms with Gasteiger partial charge in [0.1, 0.15) is 0 Å². The lowest BCUT2D eigenvalue weighted by molar-refractivity contribution is 0.390. The minimum atomic E-state index is -0.158. The van der Waals surface area contributed by atoms with Crippen LogP contribution < -0.4 is 11.5 Å². The van der Waals surface area contributed by atoms with Gasteiger partial charge in [0.2, 0.25) is 11.7 Å². The normalized spacial score (nSPS) is 10.2. The van der Waals surface area contributed by atoms with Crippen LogP contribution in [0, 0.1) is 5.41 Å². The molecule has 9 heteroatoms. The molecular formula is C9H10N6O2S. The number of aliphatic imine (C=N–C) groups is 1. The fourth-order valence-corrected chi connectivity index (χ4v) is 1.65. The van der Waals surface area contributed by atoms with E-state index in [0.717, 1.165) is 11.8 Å². The number of hydrogen-bond acceptors (Lipinski definition) is 6. The van der Waals surface area contributed by atoms with Crippen molar-refractivity contribution in [2.24, 2.45) is 16.5 Å². The van der Waals surface area contributed by atoms with Crippen LogP contribution in [0.25, 0.3) is 11.6 Å². The number of nitrogens with two attached hydrogens (primary N) is 2. The molecule has 2 aromatic heterocycles. The summed E-state index contributed by atoms with van der Waals surface area (Å²) in [5.74, 6) is 1.40. The van der Waals surface area contributed by atoms with Crippen molar-refractivity contribution in [3.63, 3.8) is 0 Å². The van der Waals surface area contributed by atoms with Crippen molar-refractivity contribution in [1.29, 1.82) is 5.41 Å². The summed E-state index contributed by atoms with van der Waals surface area (Å²) in [6.07, 6.45) is 1.52. The van der Waals surface area contributed by atoms with Crippen LogP contribution in [-0.4, -0.2) is 21.3 Å². The monoisotopic (exact) mass is 266 g/mol. The summed E-state index contributed by atoms with van der Waals surface area (Å²) >= 11 is 1.08. The first kappa shape index (κ1) is 12.2. The van der Waals surface area contributed by atoms with Gasteiger partial charge in [-0.05, 0) is 12.1 Å². The van der Waals surface area contributed by atoms with Crippen molar-refractivity contribution in [2.45, 2.75) is 5.75 Å². The maximum atomic E-state index is 7.42. The van der Waals surface area contributed by atoms with Gasteiger partial charge in [-0.3, -0.25) is 5.41 Å². The summed E-state index contributed by atoms with van der Waals surface area (Å²) in [5, 5.41) is 11.1. The highest BCUT2D eigenvalue weighted by Gasteiger charge is 2.11. The lowest BCUT2D eigenvalue weighted by Gasteiger charge is -1.94. The van der Waals surface area contributed by atoms with E-state index in [1.807, 2.05) is 0 Å². The standard InChI is InChI=1S/C9H10N6O2S/c10-8(11)14-9(12)18-4-6-13-7(15-17-6)5-2-1-3-16-5/h1-3H,4H2,(H5,10,11,12,14). The molecule has 0 unspecified atom stereocenters. The van der Waals surface area contributed by atoms with Gasteiger partial charge in [0.15, 0.2) is 16.9 Å². The van der Waals surface area contributed by atoms with Crippen molar-refractivity contribution in [1.82, 2.24) is 10.1 Å². The molecule has 0 saturated heterocycles. The van der Waals surface area contributed by atoms with Gasteiger partial charge in [-0.1, -0.05) is 16.9 Å².